The van der Waals surface area contributed by atoms with E-state index in [4.69, 9.17) is 4.74 Å². The van der Waals surface area contributed by atoms with E-state index in [1.807, 2.05) is 0 Å². The van der Waals surface area contributed by atoms with E-state index in [-0.39, 0.29) is 9.71 Å². The minimum Gasteiger partial charge on any atom is -0.466 e. The smallest absolute Gasteiger partial charge is 0.307 e. The Kier molecular flexibility index (Phi) is 11.2. The third kappa shape index (κ3) is 12.4. The van der Waals surface area contributed by atoms with Gasteiger partial charge in [-0.1, -0.05) is 70.9 Å². The Morgan fingerprint density at radius 2 is 1.73 bits per heavy atom. The number of halogens is 2. The summed E-state index contributed by atoms with van der Waals surface area (Å²) in [4.78, 5) is 11.1. The highest BCUT2D eigenvalue weighted by Gasteiger charge is 2.07. The van der Waals surface area contributed by atoms with Crippen LogP contribution in [0.1, 0.15) is 51.9 Å². The molecule has 0 unspecified atom stereocenters. The molecule has 90 valence electrons. The average Bonchev–Trinajstić information content (AvgIpc) is 2.15. The minimum absolute atomic E-state index is 0.0297. The van der Waals surface area contributed by atoms with Crippen LogP contribution >= 0.6 is 31.9 Å². The van der Waals surface area contributed by atoms with Gasteiger partial charge >= 0.3 is 5.97 Å². The van der Waals surface area contributed by atoms with Gasteiger partial charge in [-0.25, -0.2) is 0 Å². The van der Waals surface area contributed by atoms with Crippen LogP contribution in [0.4, 0.5) is 0 Å². The minimum atomic E-state index is -0.137. The summed E-state index contributed by atoms with van der Waals surface area (Å²) in [6.45, 7) is 2.77. The van der Waals surface area contributed by atoms with Crippen LogP contribution in [0, 0.1) is 0 Å². The molecule has 0 fully saturated rings. The third-order valence-corrected chi connectivity index (χ3v) is 2.73. The first kappa shape index (κ1) is 15.4. The SMILES string of the molecule is CCCCCCCCOC(=O)CC(Br)Br. The van der Waals surface area contributed by atoms with Crippen molar-refractivity contribution in [2.24, 2.45) is 0 Å². The highest BCUT2D eigenvalue weighted by atomic mass is 79.9. The van der Waals surface area contributed by atoms with E-state index < -0.39 is 0 Å². The lowest BCUT2D eigenvalue weighted by Gasteiger charge is -2.05. The Balaban J connectivity index is 3.13. The maximum absolute atomic E-state index is 11.1. The molecule has 4 heteroatoms. The zero-order valence-corrected chi connectivity index (χ0v) is 12.5. The maximum Gasteiger partial charge on any atom is 0.307 e. The standard InChI is InChI=1S/C11H20Br2O2/c1-2-3-4-5-6-7-8-15-11(14)9-10(12)13/h10H,2-9H2,1H3. The van der Waals surface area contributed by atoms with Gasteiger partial charge in [0, 0.05) is 0 Å². The predicted molar refractivity (Wildman–Crippen MR) is 70.6 cm³/mol. The predicted octanol–water partition coefficient (Wildman–Crippen LogP) is 4.40. The van der Waals surface area contributed by atoms with Crippen molar-refractivity contribution in [2.45, 2.75) is 55.6 Å². The lowest BCUT2D eigenvalue weighted by Crippen LogP contribution is -2.08. The molecule has 0 amide bonds. The highest BCUT2D eigenvalue weighted by Crippen LogP contribution is 2.13. The maximum atomic E-state index is 11.1. The fourth-order valence-corrected chi connectivity index (χ4v) is 1.78. The van der Waals surface area contributed by atoms with Crippen molar-refractivity contribution in [2.75, 3.05) is 6.61 Å². The van der Waals surface area contributed by atoms with E-state index >= 15 is 0 Å². The largest absolute Gasteiger partial charge is 0.466 e. The number of carbonyl (C=O) groups excluding carboxylic acids is 1. The molecule has 0 aliphatic carbocycles. The molecule has 0 aromatic heterocycles. The zero-order chi connectivity index (χ0) is 11.5. The Hall–Kier alpha value is 0.430. The quantitative estimate of drug-likeness (QED) is 0.352. The van der Waals surface area contributed by atoms with Crippen LogP contribution < -0.4 is 0 Å². The van der Waals surface area contributed by atoms with Gasteiger partial charge in [-0.15, -0.1) is 0 Å². The van der Waals surface area contributed by atoms with Gasteiger partial charge in [-0.2, -0.15) is 0 Å². The molecule has 0 atom stereocenters. The lowest BCUT2D eigenvalue weighted by atomic mass is 10.1. The average molecular weight is 344 g/mol. The van der Waals surface area contributed by atoms with Gasteiger partial charge in [-0.3, -0.25) is 4.79 Å². The van der Waals surface area contributed by atoms with Crippen molar-refractivity contribution in [3.8, 4) is 0 Å². The summed E-state index contributed by atoms with van der Waals surface area (Å²) in [5, 5.41) is 0. The Bertz CT molecular complexity index is 161. The van der Waals surface area contributed by atoms with Crippen LogP contribution in [0.5, 0.6) is 0 Å². The van der Waals surface area contributed by atoms with Crippen LogP contribution in [0.25, 0.3) is 0 Å². The number of ether oxygens (including phenoxy) is 1. The second-order valence-corrected chi connectivity index (χ2v) is 7.02. The van der Waals surface area contributed by atoms with Gasteiger partial charge in [0.25, 0.3) is 0 Å². The molecule has 0 saturated carbocycles. The van der Waals surface area contributed by atoms with E-state index in [1.54, 1.807) is 0 Å². The van der Waals surface area contributed by atoms with Gasteiger partial charge in [0.05, 0.1) is 16.8 Å². The summed E-state index contributed by atoms with van der Waals surface area (Å²) in [5.74, 6) is -0.137. The molecule has 0 N–H and O–H groups in total. The first-order chi connectivity index (χ1) is 7.16. The molecular weight excluding hydrogens is 324 g/mol. The topological polar surface area (TPSA) is 26.3 Å². The summed E-state index contributed by atoms with van der Waals surface area (Å²) < 4.78 is 5.09. The van der Waals surface area contributed by atoms with Crippen molar-refractivity contribution < 1.29 is 9.53 Å². The molecule has 0 aliphatic heterocycles. The molecule has 0 spiro atoms. The van der Waals surface area contributed by atoms with Crippen LogP contribution in [-0.2, 0) is 9.53 Å². The summed E-state index contributed by atoms with van der Waals surface area (Å²) >= 11 is 6.48. The second kappa shape index (κ2) is 10.9. The van der Waals surface area contributed by atoms with Crippen molar-refractivity contribution >= 4 is 37.8 Å². The third-order valence-electron chi connectivity index (χ3n) is 2.08. The second-order valence-electron chi connectivity index (χ2n) is 3.58. The summed E-state index contributed by atoms with van der Waals surface area (Å²) in [7, 11) is 0. The molecule has 0 rings (SSSR count). The van der Waals surface area contributed by atoms with E-state index in [2.05, 4.69) is 38.8 Å². The van der Waals surface area contributed by atoms with Crippen molar-refractivity contribution in [3.63, 3.8) is 0 Å². The first-order valence-electron chi connectivity index (χ1n) is 5.60. The van der Waals surface area contributed by atoms with E-state index in [0.717, 1.165) is 6.42 Å². The van der Waals surface area contributed by atoms with Crippen LogP contribution in [0.3, 0.4) is 0 Å². The van der Waals surface area contributed by atoms with Gasteiger partial charge in [0.2, 0.25) is 0 Å². The van der Waals surface area contributed by atoms with E-state index in [1.165, 1.54) is 32.1 Å². The molecule has 2 nitrogen and oxygen atoms in total. The monoisotopic (exact) mass is 342 g/mol. The molecule has 0 aromatic carbocycles. The van der Waals surface area contributed by atoms with Crippen LogP contribution in [0.2, 0.25) is 0 Å². The molecular formula is C11H20Br2O2. The molecule has 0 aliphatic rings. The van der Waals surface area contributed by atoms with Crippen LogP contribution in [0.15, 0.2) is 0 Å². The van der Waals surface area contributed by atoms with Gasteiger partial charge < -0.3 is 4.74 Å². The summed E-state index contributed by atoms with van der Waals surface area (Å²) in [6.07, 6.45) is 7.68. The van der Waals surface area contributed by atoms with E-state index in [0.29, 0.717) is 13.0 Å². The summed E-state index contributed by atoms with van der Waals surface area (Å²) in [5.41, 5.74) is 0. The molecule has 0 aromatic rings. The molecule has 0 bridgehead atoms. The molecule has 0 saturated heterocycles. The first-order valence-corrected chi connectivity index (χ1v) is 7.43. The number of hydrogen-bond donors (Lipinski definition) is 0. The van der Waals surface area contributed by atoms with Crippen molar-refractivity contribution in [1.82, 2.24) is 0 Å². The zero-order valence-electron chi connectivity index (χ0n) is 9.31. The number of alkyl halides is 2. The Morgan fingerprint density at radius 1 is 1.13 bits per heavy atom. The van der Waals surface area contributed by atoms with Gasteiger partial charge in [-0.05, 0) is 6.42 Å². The number of carbonyl (C=O) groups is 1. The molecule has 0 radical (unpaired) electrons. The fraction of sp³-hybridized carbons (Fsp3) is 0.909. The molecule has 15 heavy (non-hydrogen) atoms. The normalized spacial score (nSPS) is 10.7. The number of esters is 1. The molecule has 0 heterocycles. The van der Waals surface area contributed by atoms with E-state index in [9.17, 15) is 4.79 Å². The van der Waals surface area contributed by atoms with Gasteiger partial charge in [0.15, 0.2) is 0 Å². The Labute approximate surface area is 109 Å². The highest BCUT2D eigenvalue weighted by molar-refractivity contribution is 9.24. The van der Waals surface area contributed by atoms with Crippen LogP contribution in [-0.4, -0.2) is 16.3 Å². The van der Waals surface area contributed by atoms with Crippen molar-refractivity contribution in [1.29, 1.82) is 0 Å². The number of unbranched alkanes of at least 4 members (excludes halogenated alkanes) is 5. The summed E-state index contributed by atoms with van der Waals surface area (Å²) in [6, 6.07) is 0. The van der Waals surface area contributed by atoms with Gasteiger partial charge in [0.1, 0.15) is 0 Å². The number of hydrogen-bond acceptors (Lipinski definition) is 2. The van der Waals surface area contributed by atoms with Crippen molar-refractivity contribution in [3.05, 3.63) is 0 Å². The fourth-order valence-electron chi connectivity index (χ4n) is 1.25. The number of rotatable bonds is 9. The Morgan fingerprint density at radius 3 is 2.33 bits per heavy atom. The lowest BCUT2D eigenvalue weighted by molar-refractivity contribution is -0.143.